The van der Waals surface area contributed by atoms with Gasteiger partial charge in [-0.1, -0.05) is 0 Å². The summed E-state index contributed by atoms with van der Waals surface area (Å²) in [7, 11) is 0. The van der Waals surface area contributed by atoms with Gasteiger partial charge in [-0.2, -0.15) is 5.10 Å². The van der Waals surface area contributed by atoms with Gasteiger partial charge in [0, 0.05) is 24.2 Å². The third-order valence-corrected chi connectivity index (χ3v) is 3.40. The second-order valence-corrected chi connectivity index (χ2v) is 4.76. The summed E-state index contributed by atoms with van der Waals surface area (Å²) in [6, 6.07) is 1.59. The summed E-state index contributed by atoms with van der Waals surface area (Å²) >= 11 is 1.38. The molecule has 0 fully saturated rings. The van der Waals surface area contributed by atoms with Gasteiger partial charge in [0.05, 0.1) is 6.04 Å². The Bertz CT molecular complexity index is 545. The van der Waals surface area contributed by atoms with Gasteiger partial charge in [-0.05, 0) is 13.8 Å². The molecular formula is C11H15N5OS. The summed E-state index contributed by atoms with van der Waals surface area (Å²) in [5, 5.41) is 9.32. The van der Waals surface area contributed by atoms with Crippen molar-refractivity contribution in [3.63, 3.8) is 0 Å². The van der Waals surface area contributed by atoms with E-state index in [-0.39, 0.29) is 11.9 Å². The molecule has 0 aliphatic carbocycles. The van der Waals surface area contributed by atoms with Crippen LogP contribution in [0.1, 0.15) is 35.4 Å². The second-order valence-electron chi connectivity index (χ2n) is 3.87. The fraction of sp³-hybridized carbons (Fsp3) is 0.364. The van der Waals surface area contributed by atoms with Crippen LogP contribution in [0, 0.1) is 0 Å². The molecule has 2 rings (SSSR count). The number of aryl methyl sites for hydroxylation is 1. The molecule has 6 nitrogen and oxygen atoms in total. The van der Waals surface area contributed by atoms with Crippen LogP contribution in [0.4, 0.5) is 5.82 Å². The molecule has 96 valence electrons. The first kappa shape index (κ1) is 12.7. The quantitative estimate of drug-likeness (QED) is 0.879. The van der Waals surface area contributed by atoms with Crippen molar-refractivity contribution in [2.24, 2.45) is 5.73 Å². The zero-order valence-electron chi connectivity index (χ0n) is 10.3. The molecule has 1 atom stereocenters. The van der Waals surface area contributed by atoms with Crippen LogP contribution in [0.3, 0.4) is 0 Å². The van der Waals surface area contributed by atoms with Gasteiger partial charge in [0.2, 0.25) is 0 Å². The minimum Gasteiger partial charge on any atom is -0.322 e. The monoisotopic (exact) mass is 265 g/mol. The molecule has 7 heteroatoms. The fourth-order valence-electron chi connectivity index (χ4n) is 1.39. The summed E-state index contributed by atoms with van der Waals surface area (Å²) in [5.74, 6) is 0.261. The van der Waals surface area contributed by atoms with Crippen LogP contribution in [0.25, 0.3) is 0 Å². The van der Waals surface area contributed by atoms with Gasteiger partial charge in [0.25, 0.3) is 5.91 Å². The summed E-state index contributed by atoms with van der Waals surface area (Å²) in [5.41, 5.74) is 6.08. The zero-order chi connectivity index (χ0) is 13.1. The van der Waals surface area contributed by atoms with E-state index in [2.05, 4.69) is 15.4 Å². The van der Waals surface area contributed by atoms with Gasteiger partial charge in [-0.25, -0.2) is 4.98 Å². The Kier molecular flexibility index (Phi) is 3.73. The lowest BCUT2D eigenvalue weighted by Gasteiger charge is -1.99. The van der Waals surface area contributed by atoms with Gasteiger partial charge in [-0.3, -0.25) is 9.48 Å². The Hall–Kier alpha value is -1.73. The van der Waals surface area contributed by atoms with Crippen LogP contribution in [-0.4, -0.2) is 20.7 Å². The highest BCUT2D eigenvalue weighted by Crippen LogP contribution is 2.16. The number of anilines is 1. The number of nitrogens with zero attached hydrogens (tertiary/aromatic N) is 3. The van der Waals surface area contributed by atoms with Crippen LogP contribution in [0.5, 0.6) is 0 Å². The summed E-state index contributed by atoms with van der Waals surface area (Å²) in [6.45, 7) is 4.58. The van der Waals surface area contributed by atoms with Crippen LogP contribution in [-0.2, 0) is 6.54 Å². The third-order valence-electron chi connectivity index (χ3n) is 2.35. The van der Waals surface area contributed by atoms with E-state index in [0.717, 1.165) is 11.6 Å². The molecule has 1 amide bonds. The molecule has 2 aromatic rings. The molecule has 2 aromatic heterocycles. The van der Waals surface area contributed by atoms with Crippen LogP contribution < -0.4 is 11.1 Å². The van der Waals surface area contributed by atoms with E-state index in [9.17, 15) is 4.79 Å². The van der Waals surface area contributed by atoms with Crippen molar-refractivity contribution in [3.8, 4) is 0 Å². The summed E-state index contributed by atoms with van der Waals surface area (Å²) < 4.78 is 1.74. The molecule has 0 saturated carbocycles. The average Bonchev–Trinajstić information content (AvgIpc) is 2.97. The van der Waals surface area contributed by atoms with E-state index in [4.69, 9.17) is 5.73 Å². The van der Waals surface area contributed by atoms with E-state index in [1.165, 1.54) is 11.3 Å². The minimum absolute atomic E-state index is 0.157. The lowest BCUT2D eigenvalue weighted by Crippen LogP contribution is -2.14. The standard InChI is InChI=1S/C11H15N5OS/c1-3-16-5-4-9(15-16)14-10(17)8-6-18-11(13-8)7(2)12/h4-7H,3,12H2,1-2H3,(H,14,15,17). The van der Waals surface area contributed by atoms with Crippen molar-refractivity contribution >= 4 is 23.1 Å². The molecule has 1 unspecified atom stereocenters. The van der Waals surface area contributed by atoms with E-state index in [1.807, 2.05) is 20.0 Å². The number of thiazole rings is 1. The number of amides is 1. The Morgan fingerprint density at radius 1 is 1.67 bits per heavy atom. The molecule has 0 aromatic carbocycles. The molecule has 2 heterocycles. The Morgan fingerprint density at radius 3 is 3.00 bits per heavy atom. The van der Waals surface area contributed by atoms with Crippen molar-refractivity contribution in [2.75, 3.05) is 5.32 Å². The van der Waals surface area contributed by atoms with Crippen molar-refractivity contribution in [3.05, 3.63) is 28.3 Å². The number of nitrogens with one attached hydrogen (secondary N) is 1. The molecular weight excluding hydrogens is 250 g/mol. The average molecular weight is 265 g/mol. The molecule has 0 aliphatic heterocycles. The highest BCUT2D eigenvalue weighted by Gasteiger charge is 2.13. The first-order valence-corrected chi connectivity index (χ1v) is 6.54. The molecule has 0 bridgehead atoms. The minimum atomic E-state index is -0.264. The number of hydrogen-bond acceptors (Lipinski definition) is 5. The van der Waals surface area contributed by atoms with E-state index < -0.39 is 0 Å². The maximum Gasteiger partial charge on any atom is 0.276 e. The smallest absolute Gasteiger partial charge is 0.276 e. The summed E-state index contributed by atoms with van der Waals surface area (Å²) in [4.78, 5) is 16.1. The van der Waals surface area contributed by atoms with Crippen LogP contribution in [0.15, 0.2) is 17.6 Å². The predicted molar refractivity (Wildman–Crippen MR) is 70.6 cm³/mol. The normalized spacial score (nSPS) is 12.4. The number of rotatable bonds is 4. The first-order valence-electron chi connectivity index (χ1n) is 5.66. The molecule has 3 N–H and O–H groups in total. The number of carbonyl (C=O) groups excluding carboxylic acids is 1. The number of hydrogen-bond donors (Lipinski definition) is 2. The highest BCUT2D eigenvalue weighted by molar-refractivity contribution is 7.09. The predicted octanol–water partition coefficient (Wildman–Crippen LogP) is 1.63. The van der Waals surface area contributed by atoms with Gasteiger partial charge in [0.1, 0.15) is 10.7 Å². The van der Waals surface area contributed by atoms with E-state index in [1.54, 1.807) is 16.1 Å². The van der Waals surface area contributed by atoms with Crippen molar-refractivity contribution in [2.45, 2.75) is 26.4 Å². The lowest BCUT2D eigenvalue weighted by molar-refractivity contribution is 0.102. The largest absolute Gasteiger partial charge is 0.322 e. The molecule has 0 aliphatic rings. The number of nitrogens with two attached hydrogens (primary N) is 1. The molecule has 0 spiro atoms. The maximum absolute atomic E-state index is 11.9. The number of carbonyl (C=O) groups is 1. The van der Waals surface area contributed by atoms with Gasteiger partial charge < -0.3 is 11.1 Å². The summed E-state index contributed by atoms with van der Waals surface area (Å²) in [6.07, 6.45) is 1.81. The van der Waals surface area contributed by atoms with Crippen molar-refractivity contribution < 1.29 is 4.79 Å². The molecule has 18 heavy (non-hydrogen) atoms. The molecule has 0 saturated heterocycles. The second kappa shape index (κ2) is 5.28. The highest BCUT2D eigenvalue weighted by atomic mass is 32.1. The van der Waals surface area contributed by atoms with Gasteiger partial charge in [-0.15, -0.1) is 11.3 Å². The van der Waals surface area contributed by atoms with Crippen molar-refractivity contribution in [1.82, 2.24) is 14.8 Å². The van der Waals surface area contributed by atoms with E-state index >= 15 is 0 Å². The lowest BCUT2D eigenvalue weighted by atomic mass is 10.4. The Morgan fingerprint density at radius 2 is 2.44 bits per heavy atom. The Labute approximate surface area is 109 Å². The van der Waals surface area contributed by atoms with Gasteiger partial charge in [0.15, 0.2) is 5.82 Å². The first-order chi connectivity index (χ1) is 8.60. The molecule has 0 radical (unpaired) electrons. The zero-order valence-corrected chi connectivity index (χ0v) is 11.1. The number of aromatic nitrogens is 3. The SMILES string of the molecule is CCn1ccc(NC(=O)c2csc(C(C)N)n2)n1. The fourth-order valence-corrected chi connectivity index (χ4v) is 2.14. The van der Waals surface area contributed by atoms with E-state index in [0.29, 0.717) is 11.5 Å². The van der Waals surface area contributed by atoms with Crippen LogP contribution >= 0.6 is 11.3 Å². The topological polar surface area (TPSA) is 85.8 Å². The van der Waals surface area contributed by atoms with Crippen molar-refractivity contribution in [1.29, 1.82) is 0 Å². The van der Waals surface area contributed by atoms with Crippen LogP contribution in [0.2, 0.25) is 0 Å². The third kappa shape index (κ3) is 2.74. The Balaban J connectivity index is 2.06. The van der Waals surface area contributed by atoms with Gasteiger partial charge >= 0.3 is 0 Å². The maximum atomic E-state index is 11.9.